The number of carboxylic acid groups (broad SMARTS) is 1. The molecule has 0 spiro atoms. The van der Waals surface area contributed by atoms with Crippen molar-refractivity contribution in [3.8, 4) is 0 Å². The molecule has 3 atom stereocenters. The Balaban J connectivity index is 2.15. The summed E-state index contributed by atoms with van der Waals surface area (Å²) in [7, 11) is 0. The molecule has 4 nitrogen and oxygen atoms in total. The molecular formula is C17H26N2O2. The summed E-state index contributed by atoms with van der Waals surface area (Å²) in [4.78, 5) is 18.4. The van der Waals surface area contributed by atoms with Gasteiger partial charge in [-0.15, -0.1) is 0 Å². The van der Waals surface area contributed by atoms with Gasteiger partial charge in [0.2, 0.25) is 0 Å². The van der Waals surface area contributed by atoms with Crippen LogP contribution in [-0.4, -0.2) is 33.5 Å². The Morgan fingerprint density at radius 2 is 2.19 bits per heavy atom. The van der Waals surface area contributed by atoms with Gasteiger partial charge in [-0.05, 0) is 50.8 Å². The van der Waals surface area contributed by atoms with E-state index in [4.69, 9.17) is 0 Å². The van der Waals surface area contributed by atoms with E-state index in [1.807, 2.05) is 25.1 Å². The van der Waals surface area contributed by atoms with Gasteiger partial charge in [-0.3, -0.25) is 14.7 Å². The lowest BCUT2D eigenvalue weighted by Gasteiger charge is -2.39. The highest BCUT2D eigenvalue weighted by molar-refractivity contribution is 5.71. The van der Waals surface area contributed by atoms with Gasteiger partial charge in [0.15, 0.2) is 0 Å². The SMILES string of the molecule is CCN(Cc1cccc(C)n1)C1CC(C)CCC1C(=O)O. The van der Waals surface area contributed by atoms with Crippen LogP contribution in [0.15, 0.2) is 18.2 Å². The molecule has 1 heterocycles. The maximum absolute atomic E-state index is 11.6. The second kappa shape index (κ2) is 7.03. The highest BCUT2D eigenvalue weighted by atomic mass is 16.4. The van der Waals surface area contributed by atoms with Crippen LogP contribution in [0.1, 0.15) is 44.5 Å². The van der Waals surface area contributed by atoms with E-state index in [2.05, 4.69) is 23.7 Å². The molecule has 1 aliphatic carbocycles. The molecule has 116 valence electrons. The molecule has 1 aromatic heterocycles. The monoisotopic (exact) mass is 290 g/mol. The van der Waals surface area contributed by atoms with Gasteiger partial charge >= 0.3 is 5.97 Å². The van der Waals surface area contributed by atoms with Crippen molar-refractivity contribution in [3.05, 3.63) is 29.6 Å². The second-order valence-electron chi connectivity index (χ2n) is 6.26. The minimum absolute atomic E-state index is 0.124. The number of rotatable bonds is 5. The van der Waals surface area contributed by atoms with Crippen molar-refractivity contribution in [2.75, 3.05) is 6.54 Å². The van der Waals surface area contributed by atoms with Gasteiger partial charge in [0.1, 0.15) is 0 Å². The lowest BCUT2D eigenvalue weighted by molar-refractivity contribution is -0.146. The lowest BCUT2D eigenvalue weighted by Crippen LogP contribution is -2.46. The Hall–Kier alpha value is -1.42. The largest absolute Gasteiger partial charge is 0.481 e. The zero-order valence-electron chi connectivity index (χ0n) is 13.2. The quantitative estimate of drug-likeness (QED) is 0.905. The Morgan fingerprint density at radius 1 is 1.43 bits per heavy atom. The maximum Gasteiger partial charge on any atom is 0.308 e. The summed E-state index contributed by atoms with van der Waals surface area (Å²) in [5, 5.41) is 9.51. The van der Waals surface area contributed by atoms with Gasteiger partial charge in [0, 0.05) is 18.3 Å². The molecule has 0 saturated heterocycles. The molecule has 1 aliphatic rings. The predicted molar refractivity (Wildman–Crippen MR) is 83.0 cm³/mol. The lowest BCUT2D eigenvalue weighted by atomic mass is 9.78. The number of aromatic nitrogens is 1. The van der Waals surface area contributed by atoms with Crippen LogP contribution < -0.4 is 0 Å². The van der Waals surface area contributed by atoms with Crippen molar-refractivity contribution in [1.29, 1.82) is 0 Å². The normalized spacial score (nSPS) is 26.0. The third kappa shape index (κ3) is 4.03. The van der Waals surface area contributed by atoms with Crippen molar-refractivity contribution in [3.63, 3.8) is 0 Å². The molecule has 0 aromatic carbocycles. The van der Waals surface area contributed by atoms with Crippen molar-refractivity contribution in [1.82, 2.24) is 9.88 Å². The highest BCUT2D eigenvalue weighted by Gasteiger charge is 2.36. The maximum atomic E-state index is 11.6. The molecule has 1 fully saturated rings. The van der Waals surface area contributed by atoms with Crippen molar-refractivity contribution >= 4 is 5.97 Å². The van der Waals surface area contributed by atoms with Gasteiger partial charge in [-0.1, -0.05) is 19.9 Å². The molecular weight excluding hydrogens is 264 g/mol. The van der Waals surface area contributed by atoms with Gasteiger partial charge in [-0.25, -0.2) is 0 Å². The summed E-state index contributed by atoms with van der Waals surface area (Å²) in [6.07, 6.45) is 2.78. The van der Waals surface area contributed by atoms with E-state index < -0.39 is 5.97 Å². The van der Waals surface area contributed by atoms with E-state index in [1.54, 1.807) is 0 Å². The average molecular weight is 290 g/mol. The van der Waals surface area contributed by atoms with E-state index in [-0.39, 0.29) is 12.0 Å². The molecule has 1 aromatic rings. The zero-order valence-corrected chi connectivity index (χ0v) is 13.2. The predicted octanol–water partition coefficient (Wildman–Crippen LogP) is 3.10. The minimum atomic E-state index is -0.650. The summed E-state index contributed by atoms with van der Waals surface area (Å²) in [5.74, 6) is -0.293. The molecule has 0 bridgehead atoms. The first-order valence-corrected chi connectivity index (χ1v) is 7.90. The molecule has 0 aliphatic heterocycles. The Morgan fingerprint density at radius 3 is 2.81 bits per heavy atom. The molecule has 21 heavy (non-hydrogen) atoms. The van der Waals surface area contributed by atoms with Crippen LogP contribution in [-0.2, 0) is 11.3 Å². The summed E-state index contributed by atoms with van der Waals surface area (Å²) in [6, 6.07) is 6.16. The number of pyridine rings is 1. The number of hydrogen-bond donors (Lipinski definition) is 1. The van der Waals surface area contributed by atoms with Crippen LogP contribution >= 0.6 is 0 Å². The summed E-state index contributed by atoms with van der Waals surface area (Å²) in [5.41, 5.74) is 2.04. The smallest absolute Gasteiger partial charge is 0.308 e. The van der Waals surface area contributed by atoms with Crippen molar-refractivity contribution in [2.45, 2.75) is 52.6 Å². The first-order valence-electron chi connectivity index (χ1n) is 7.90. The van der Waals surface area contributed by atoms with Crippen molar-refractivity contribution < 1.29 is 9.90 Å². The Labute approximate surface area is 127 Å². The van der Waals surface area contributed by atoms with Crippen LogP contribution in [0, 0.1) is 18.8 Å². The number of carboxylic acids is 1. The van der Waals surface area contributed by atoms with Gasteiger partial charge in [0.05, 0.1) is 11.6 Å². The molecule has 2 rings (SSSR count). The average Bonchev–Trinajstić information content (AvgIpc) is 2.44. The van der Waals surface area contributed by atoms with Crippen molar-refractivity contribution in [2.24, 2.45) is 11.8 Å². The molecule has 0 amide bonds. The molecule has 1 N–H and O–H groups in total. The number of nitrogens with zero attached hydrogens (tertiary/aromatic N) is 2. The van der Waals surface area contributed by atoms with E-state index in [0.29, 0.717) is 5.92 Å². The third-order valence-corrected chi connectivity index (χ3v) is 4.58. The van der Waals surface area contributed by atoms with E-state index in [1.165, 1.54) is 0 Å². The van der Waals surface area contributed by atoms with Crippen LogP contribution in [0.2, 0.25) is 0 Å². The van der Waals surface area contributed by atoms with Crippen LogP contribution in [0.25, 0.3) is 0 Å². The van der Waals surface area contributed by atoms with Gasteiger partial charge < -0.3 is 5.11 Å². The standard InChI is InChI=1S/C17H26N2O2/c1-4-19(11-14-7-5-6-13(3)18-14)16-10-12(2)8-9-15(16)17(20)21/h5-7,12,15-16H,4,8-11H2,1-3H3,(H,20,21). The third-order valence-electron chi connectivity index (χ3n) is 4.58. The van der Waals surface area contributed by atoms with E-state index in [0.717, 1.165) is 43.7 Å². The number of hydrogen-bond acceptors (Lipinski definition) is 3. The molecule has 1 saturated carbocycles. The Bertz CT molecular complexity index is 489. The fourth-order valence-corrected chi connectivity index (χ4v) is 3.40. The van der Waals surface area contributed by atoms with Crippen LogP contribution in [0.5, 0.6) is 0 Å². The summed E-state index contributed by atoms with van der Waals surface area (Å²) in [6.45, 7) is 7.91. The molecule has 4 heteroatoms. The first kappa shape index (κ1) is 16.0. The molecule has 3 unspecified atom stereocenters. The number of aryl methyl sites for hydroxylation is 1. The molecule has 0 radical (unpaired) electrons. The second-order valence-corrected chi connectivity index (χ2v) is 6.26. The first-order chi connectivity index (χ1) is 10.0. The highest BCUT2D eigenvalue weighted by Crippen LogP contribution is 2.33. The van der Waals surface area contributed by atoms with E-state index >= 15 is 0 Å². The fourth-order valence-electron chi connectivity index (χ4n) is 3.40. The Kier molecular flexibility index (Phi) is 5.34. The van der Waals surface area contributed by atoms with Crippen LogP contribution in [0.4, 0.5) is 0 Å². The van der Waals surface area contributed by atoms with Gasteiger partial charge in [-0.2, -0.15) is 0 Å². The topological polar surface area (TPSA) is 53.4 Å². The minimum Gasteiger partial charge on any atom is -0.481 e. The zero-order chi connectivity index (χ0) is 15.4. The summed E-state index contributed by atoms with van der Waals surface area (Å²) < 4.78 is 0. The van der Waals surface area contributed by atoms with E-state index in [9.17, 15) is 9.90 Å². The number of aliphatic carboxylic acids is 1. The summed E-state index contributed by atoms with van der Waals surface area (Å²) >= 11 is 0. The fraction of sp³-hybridized carbons (Fsp3) is 0.647. The number of carbonyl (C=O) groups is 1. The van der Waals surface area contributed by atoms with Crippen LogP contribution in [0.3, 0.4) is 0 Å². The van der Waals surface area contributed by atoms with Gasteiger partial charge in [0.25, 0.3) is 0 Å².